The van der Waals surface area contributed by atoms with Gasteiger partial charge < -0.3 is 20.3 Å². The molecule has 2 aliphatic heterocycles. The molecule has 17 heavy (non-hydrogen) atoms. The highest BCUT2D eigenvalue weighted by Gasteiger charge is 2.21. The molecule has 6 heteroatoms. The first-order valence-corrected chi connectivity index (χ1v) is 6.12. The lowest BCUT2D eigenvalue weighted by Gasteiger charge is -2.26. The summed E-state index contributed by atoms with van der Waals surface area (Å²) in [6.45, 7) is 3.16. The highest BCUT2D eigenvalue weighted by atomic mass is 16.5. The molecule has 2 fully saturated rings. The van der Waals surface area contributed by atoms with Crippen molar-refractivity contribution in [2.75, 3.05) is 39.3 Å². The van der Waals surface area contributed by atoms with Gasteiger partial charge in [0.25, 0.3) is 0 Å². The van der Waals surface area contributed by atoms with E-state index in [0.717, 1.165) is 19.4 Å². The highest BCUT2D eigenvalue weighted by molar-refractivity contribution is 5.86. The van der Waals surface area contributed by atoms with Crippen LogP contribution in [0.15, 0.2) is 0 Å². The molecule has 0 spiro atoms. The third-order valence-electron chi connectivity index (χ3n) is 3.06. The molecule has 0 aromatic heterocycles. The van der Waals surface area contributed by atoms with Crippen LogP contribution in [-0.4, -0.2) is 62.1 Å². The molecule has 2 N–H and O–H groups in total. The molecule has 0 aromatic carbocycles. The van der Waals surface area contributed by atoms with Crippen LogP contribution in [0.1, 0.15) is 12.8 Å². The summed E-state index contributed by atoms with van der Waals surface area (Å²) in [5.41, 5.74) is 0. The highest BCUT2D eigenvalue weighted by Crippen LogP contribution is 2.10. The van der Waals surface area contributed by atoms with Gasteiger partial charge in [-0.3, -0.25) is 9.59 Å². The van der Waals surface area contributed by atoms with Gasteiger partial charge in [-0.15, -0.1) is 0 Å². The van der Waals surface area contributed by atoms with Gasteiger partial charge in [0.2, 0.25) is 11.8 Å². The molecular formula is C11H19N3O3. The van der Waals surface area contributed by atoms with Crippen LogP contribution < -0.4 is 10.6 Å². The number of hydrogen-bond donors (Lipinski definition) is 2. The van der Waals surface area contributed by atoms with E-state index in [4.69, 9.17) is 4.74 Å². The minimum atomic E-state index is -0.0799. The number of piperazine rings is 1. The number of ether oxygens (including phenoxy) is 1. The van der Waals surface area contributed by atoms with Crippen LogP contribution in [0.4, 0.5) is 0 Å². The Bertz CT molecular complexity index is 290. The van der Waals surface area contributed by atoms with Crippen molar-refractivity contribution < 1.29 is 14.3 Å². The molecule has 0 bridgehead atoms. The maximum Gasteiger partial charge on any atom is 0.239 e. The van der Waals surface area contributed by atoms with Crippen LogP contribution in [0.25, 0.3) is 0 Å². The van der Waals surface area contributed by atoms with Gasteiger partial charge in [-0.1, -0.05) is 0 Å². The third-order valence-corrected chi connectivity index (χ3v) is 3.06. The number of amides is 2. The van der Waals surface area contributed by atoms with Crippen molar-refractivity contribution in [3.05, 3.63) is 0 Å². The van der Waals surface area contributed by atoms with Crippen molar-refractivity contribution in [2.45, 2.75) is 18.9 Å². The topological polar surface area (TPSA) is 70.7 Å². The maximum atomic E-state index is 11.8. The first kappa shape index (κ1) is 12.3. The Kier molecular flexibility index (Phi) is 4.33. The van der Waals surface area contributed by atoms with Gasteiger partial charge in [-0.2, -0.15) is 0 Å². The van der Waals surface area contributed by atoms with E-state index in [1.54, 1.807) is 4.90 Å². The summed E-state index contributed by atoms with van der Waals surface area (Å²) in [6.07, 6.45) is 2.41. The molecule has 1 atom stereocenters. The molecule has 2 aliphatic rings. The molecular weight excluding hydrogens is 222 g/mol. The molecule has 1 unspecified atom stereocenters. The summed E-state index contributed by atoms with van der Waals surface area (Å²) < 4.78 is 5.45. The quantitative estimate of drug-likeness (QED) is 0.643. The van der Waals surface area contributed by atoms with Crippen LogP contribution in [-0.2, 0) is 14.3 Å². The maximum absolute atomic E-state index is 11.8. The fraction of sp³-hybridized carbons (Fsp3) is 0.818. The smallest absolute Gasteiger partial charge is 0.239 e. The van der Waals surface area contributed by atoms with E-state index in [9.17, 15) is 9.59 Å². The zero-order valence-electron chi connectivity index (χ0n) is 9.91. The molecule has 6 nitrogen and oxygen atoms in total. The average Bonchev–Trinajstić information content (AvgIpc) is 2.82. The molecule has 2 heterocycles. The molecule has 2 rings (SSSR count). The number of hydrogen-bond acceptors (Lipinski definition) is 4. The van der Waals surface area contributed by atoms with Crippen LogP contribution >= 0.6 is 0 Å². The van der Waals surface area contributed by atoms with Gasteiger partial charge in [-0.25, -0.2) is 0 Å². The monoisotopic (exact) mass is 241 g/mol. The summed E-state index contributed by atoms with van der Waals surface area (Å²) in [7, 11) is 0. The standard InChI is InChI=1S/C11H19N3O3/c15-10-8-14(4-3-13-10)11(16)7-12-6-9-2-1-5-17-9/h9,12H,1-8H2,(H,13,15). The van der Waals surface area contributed by atoms with Crippen LogP contribution in [0.2, 0.25) is 0 Å². The Labute approximate surface area is 101 Å². The Morgan fingerprint density at radius 1 is 1.59 bits per heavy atom. The second-order valence-corrected chi connectivity index (χ2v) is 4.43. The van der Waals surface area contributed by atoms with Crippen molar-refractivity contribution in [1.82, 2.24) is 15.5 Å². The van der Waals surface area contributed by atoms with Crippen LogP contribution in [0.5, 0.6) is 0 Å². The van der Waals surface area contributed by atoms with E-state index >= 15 is 0 Å². The number of nitrogens with one attached hydrogen (secondary N) is 2. The van der Waals surface area contributed by atoms with E-state index < -0.39 is 0 Å². The summed E-state index contributed by atoms with van der Waals surface area (Å²) in [6, 6.07) is 0. The van der Waals surface area contributed by atoms with Crippen molar-refractivity contribution in [1.29, 1.82) is 0 Å². The van der Waals surface area contributed by atoms with Gasteiger partial charge in [0.05, 0.1) is 19.2 Å². The Hall–Kier alpha value is -1.14. The van der Waals surface area contributed by atoms with Gasteiger partial charge in [0, 0.05) is 26.2 Å². The SMILES string of the molecule is O=C1CN(C(=O)CNCC2CCCO2)CCN1. The third kappa shape index (κ3) is 3.67. The molecule has 2 saturated heterocycles. The first-order valence-electron chi connectivity index (χ1n) is 6.12. The minimum absolute atomic E-state index is 0.0159. The summed E-state index contributed by atoms with van der Waals surface area (Å²) in [5, 5.41) is 5.79. The lowest BCUT2D eigenvalue weighted by atomic mass is 10.2. The lowest BCUT2D eigenvalue weighted by Crippen LogP contribution is -2.52. The fourth-order valence-corrected chi connectivity index (χ4v) is 2.11. The Balaban J connectivity index is 1.64. The number of carbonyl (C=O) groups is 2. The van der Waals surface area contributed by atoms with E-state index in [-0.39, 0.29) is 31.0 Å². The Morgan fingerprint density at radius 2 is 2.47 bits per heavy atom. The number of carbonyl (C=O) groups excluding carboxylic acids is 2. The second-order valence-electron chi connectivity index (χ2n) is 4.43. The number of nitrogens with zero attached hydrogens (tertiary/aromatic N) is 1. The molecule has 0 aromatic rings. The number of rotatable bonds is 4. The molecule has 0 aliphatic carbocycles. The summed E-state index contributed by atoms with van der Waals surface area (Å²) in [4.78, 5) is 24.5. The summed E-state index contributed by atoms with van der Waals surface area (Å²) >= 11 is 0. The minimum Gasteiger partial charge on any atom is -0.377 e. The molecule has 2 amide bonds. The van der Waals surface area contributed by atoms with Gasteiger partial charge in [-0.05, 0) is 12.8 Å². The van der Waals surface area contributed by atoms with Crippen molar-refractivity contribution in [3.63, 3.8) is 0 Å². The van der Waals surface area contributed by atoms with E-state index in [1.807, 2.05) is 0 Å². The predicted molar refractivity (Wildman–Crippen MR) is 61.4 cm³/mol. The van der Waals surface area contributed by atoms with E-state index in [0.29, 0.717) is 19.6 Å². The Morgan fingerprint density at radius 3 is 3.18 bits per heavy atom. The van der Waals surface area contributed by atoms with Crippen molar-refractivity contribution in [2.24, 2.45) is 0 Å². The van der Waals surface area contributed by atoms with Crippen molar-refractivity contribution >= 4 is 11.8 Å². The first-order chi connectivity index (χ1) is 8.25. The predicted octanol–water partition coefficient (Wildman–Crippen LogP) is -1.29. The van der Waals surface area contributed by atoms with Crippen LogP contribution in [0.3, 0.4) is 0 Å². The molecule has 0 saturated carbocycles. The fourth-order valence-electron chi connectivity index (χ4n) is 2.11. The molecule has 96 valence electrons. The normalized spacial score (nSPS) is 24.8. The van der Waals surface area contributed by atoms with Gasteiger partial charge in [0.15, 0.2) is 0 Å². The lowest BCUT2D eigenvalue weighted by molar-refractivity contribution is -0.137. The average molecular weight is 241 g/mol. The van der Waals surface area contributed by atoms with Gasteiger partial charge in [0.1, 0.15) is 0 Å². The van der Waals surface area contributed by atoms with E-state index in [2.05, 4.69) is 10.6 Å². The summed E-state index contributed by atoms with van der Waals surface area (Å²) in [5.74, 6) is -0.0958. The largest absolute Gasteiger partial charge is 0.377 e. The zero-order chi connectivity index (χ0) is 12.1. The van der Waals surface area contributed by atoms with Gasteiger partial charge >= 0.3 is 0 Å². The van der Waals surface area contributed by atoms with Crippen molar-refractivity contribution in [3.8, 4) is 0 Å². The molecule has 0 radical (unpaired) electrons. The van der Waals surface area contributed by atoms with E-state index in [1.165, 1.54) is 0 Å². The van der Waals surface area contributed by atoms with Crippen LogP contribution in [0, 0.1) is 0 Å². The second kappa shape index (κ2) is 5.97. The zero-order valence-corrected chi connectivity index (χ0v) is 9.91.